The third-order valence-electron chi connectivity index (χ3n) is 3.49. The van der Waals surface area contributed by atoms with E-state index in [-0.39, 0.29) is 5.54 Å². The molecule has 0 unspecified atom stereocenters. The van der Waals surface area contributed by atoms with Gasteiger partial charge in [-0.05, 0) is 43.6 Å². The summed E-state index contributed by atoms with van der Waals surface area (Å²) in [5.41, 5.74) is 5.48. The van der Waals surface area contributed by atoms with Crippen LogP contribution in [-0.2, 0) is 0 Å². The van der Waals surface area contributed by atoms with E-state index in [9.17, 15) is 5.11 Å². The van der Waals surface area contributed by atoms with Gasteiger partial charge in [0.15, 0.2) is 0 Å². The predicted molar refractivity (Wildman–Crippen MR) is 52.3 cm³/mol. The highest BCUT2D eigenvalue weighted by Crippen LogP contribution is 2.45. The Hall–Kier alpha value is 0.270. The second kappa shape index (κ2) is 2.89. The molecule has 0 atom stereocenters. The number of thioether (sulfide) groups is 1. The van der Waals surface area contributed by atoms with Crippen LogP contribution in [0.5, 0.6) is 0 Å². The highest BCUT2D eigenvalue weighted by atomic mass is 32.2. The van der Waals surface area contributed by atoms with Gasteiger partial charge in [-0.15, -0.1) is 0 Å². The molecule has 1 saturated heterocycles. The van der Waals surface area contributed by atoms with Crippen molar-refractivity contribution >= 4 is 11.8 Å². The highest BCUT2D eigenvalue weighted by Gasteiger charge is 2.51. The summed E-state index contributed by atoms with van der Waals surface area (Å²) in [6, 6.07) is 0. The van der Waals surface area contributed by atoms with Crippen molar-refractivity contribution in [3.63, 3.8) is 0 Å². The summed E-state index contributed by atoms with van der Waals surface area (Å²) in [6.45, 7) is 0. The van der Waals surface area contributed by atoms with Gasteiger partial charge >= 0.3 is 0 Å². The quantitative estimate of drug-likeness (QED) is 0.647. The molecule has 70 valence electrons. The molecule has 0 bridgehead atoms. The number of hydrogen-bond acceptors (Lipinski definition) is 3. The summed E-state index contributed by atoms with van der Waals surface area (Å²) >= 11 is 1.96. The largest absolute Gasteiger partial charge is 0.388 e. The molecule has 3 N–H and O–H groups in total. The van der Waals surface area contributed by atoms with Gasteiger partial charge in [0, 0.05) is 5.54 Å². The Morgan fingerprint density at radius 3 is 2.08 bits per heavy atom. The average Bonchev–Trinajstić information content (AvgIpc) is 2.01. The van der Waals surface area contributed by atoms with Gasteiger partial charge in [-0.1, -0.05) is 0 Å². The lowest BCUT2D eigenvalue weighted by molar-refractivity contribution is -0.100. The van der Waals surface area contributed by atoms with Crippen molar-refractivity contribution in [1.82, 2.24) is 0 Å². The van der Waals surface area contributed by atoms with Crippen molar-refractivity contribution in [1.29, 1.82) is 0 Å². The Morgan fingerprint density at radius 2 is 1.67 bits per heavy atom. The molecule has 0 amide bonds. The van der Waals surface area contributed by atoms with Crippen LogP contribution in [0.3, 0.4) is 0 Å². The SMILES string of the molecule is NC1(C2(O)CCC2)CCSCC1. The highest BCUT2D eigenvalue weighted by molar-refractivity contribution is 7.99. The first kappa shape index (κ1) is 8.85. The van der Waals surface area contributed by atoms with E-state index in [4.69, 9.17) is 5.73 Å². The van der Waals surface area contributed by atoms with Crippen LogP contribution < -0.4 is 5.73 Å². The Balaban J connectivity index is 2.07. The van der Waals surface area contributed by atoms with Crippen molar-refractivity contribution in [3.8, 4) is 0 Å². The standard InChI is InChI=1S/C9H17NOS/c10-8(4-6-12-7-5-8)9(11)2-1-3-9/h11H,1-7,10H2. The Bertz CT molecular complexity index is 173. The van der Waals surface area contributed by atoms with E-state index in [1.807, 2.05) is 11.8 Å². The van der Waals surface area contributed by atoms with E-state index in [1.165, 1.54) is 0 Å². The maximum absolute atomic E-state index is 10.2. The molecule has 0 aromatic carbocycles. The topological polar surface area (TPSA) is 46.2 Å². The first-order valence-corrected chi connectivity index (χ1v) is 5.91. The van der Waals surface area contributed by atoms with E-state index in [0.29, 0.717) is 0 Å². The van der Waals surface area contributed by atoms with Crippen molar-refractivity contribution in [3.05, 3.63) is 0 Å². The molecule has 12 heavy (non-hydrogen) atoms. The fourth-order valence-corrected chi connectivity index (χ4v) is 3.43. The van der Waals surface area contributed by atoms with Crippen molar-refractivity contribution in [2.45, 2.75) is 43.2 Å². The number of nitrogens with two attached hydrogens (primary N) is 1. The summed E-state index contributed by atoms with van der Waals surface area (Å²) in [4.78, 5) is 0. The summed E-state index contributed by atoms with van der Waals surface area (Å²) in [5.74, 6) is 2.25. The van der Waals surface area contributed by atoms with Crippen LogP contribution in [-0.4, -0.2) is 27.8 Å². The minimum Gasteiger partial charge on any atom is -0.388 e. The molecule has 1 heterocycles. The lowest BCUT2D eigenvalue weighted by atomic mass is 9.64. The van der Waals surface area contributed by atoms with Gasteiger partial charge in [-0.3, -0.25) is 0 Å². The molecule has 2 aliphatic rings. The van der Waals surface area contributed by atoms with Crippen molar-refractivity contribution < 1.29 is 5.11 Å². The molecule has 2 fully saturated rings. The molecule has 2 nitrogen and oxygen atoms in total. The average molecular weight is 187 g/mol. The Morgan fingerprint density at radius 1 is 1.08 bits per heavy atom. The zero-order chi connectivity index (χ0) is 8.66. The summed E-state index contributed by atoms with van der Waals surface area (Å²) < 4.78 is 0. The van der Waals surface area contributed by atoms with Crippen LogP contribution >= 0.6 is 11.8 Å². The number of rotatable bonds is 1. The van der Waals surface area contributed by atoms with Crippen molar-refractivity contribution in [2.24, 2.45) is 5.73 Å². The molecular formula is C9H17NOS. The second-order valence-electron chi connectivity index (χ2n) is 4.15. The first-order chi connectivity index (χ1) is 5.66. The maximum Gasteiger partial charge on any atom is 0.0827 e. The number of aliphatic hydroxyl groups is 1. The van der Waals surface area contributed by atoms with E-state index in [1.54, 1.807) is 0 Å². The van der Waals surface area contributed by atoms with Gasteiger partial charge < -0.3 is 10.8 Å². The Kier molecular flexibility index (Phi) is 2.13. The molecule has 1 aliphatic heterocycles. The van der Waals surface area contributed by atoms with E-state index in [2.05, 4.69) is 0 Å². The summed E-state index contributed by atoms with van der Waals surface area (Å²) in [7, 11) is 0. The molecule has 0 spiro atoms. The lowest BCUT2D eigenvalue weighted by Gasteiger charge is -2.52. The van der Waals surface area contributed by atoms with Crippen LogP contribution in [0.1, 0.15) is 32.1 Å². The molecule has 1 saturated carbocycles. The molecule has 1 aliphatic carbocycles. The van der Waals surface area contributed by atoms with Gasteiger partial charge in [0.2, 0.25) is 0 Å². The molecule has 0 radical (unpaired) electrons. The van der Waals surface area contributed by atoms with Crippen LogP contribution in [0, 0.1) is 0 Å². The predicted octanol–water partition coefficient (Wildman–Crippen LogP) is 1.13. The summed E-state index contributed by atoms with van der Waals surface area (Å²) in [5, 5.41) is 10.2. The first-order valence-electron chi connectivity index (χ1n) is 4.75. The normalized spacial score (nSPS) is 32.5. The Labute approximate surface area is 77.9 Å². The minimum atomic E-state index is -0.506. The van der Waals surface area contributed by atoms with Gasteiger partial charge in [-0.25, -0.2) is 0 Å². The van der Waals surface area contributed by atoms with Gasteiger partial charge in [0.25, 0.3) is 0 Å². The zero-order valence-corrected chi connectivity index (χ0v) is 8.20. The van der Waals surface area contributed by atoms with Crippen LogP contribution in [0.15, 0.2) is 0 Å². The van der Waals surface area contributed by atoms with Crippen molar-refractivity contribution in [2.75, 3.05) is 11.5 Å². The molecule has 0 aromatic heterocycles. The van der Waals surface area contributed by atoms with Crippen LogP contribution in [0.25, 0.3) is 0 Å². The van der Waals surface area contributed by atoms with Gasteiger partial charge in [-0.2, -0.15) is 11.8 Å². The lowest BCUT2D eigenvalue weighted by Crippen LogP contribution is -2.65. The second-order valence-corrected chi connectivity index (χ2v) is 5.38. The minimum absolute atomic E-state index is 0.253. The van der Waals surface area contributed by atoms with E-state index < -0.39 is 5.60 Å². The van der Waals surface area contributed by atoms with Crippen LogP contribution in [0.2, 0.25) is 0 Å². The monoisotopic (exact) mass is 187 g/mol. The third kappa shape index (κ3) is 1.19. The zero-order valence-electron chi connectivity index (χ0n) is 7.38. The smallest absolute Gasteiger partial charge is 0.0827 e. The summed E-state index contributed by atoms with van der Waals surface area (Å²) in [6.07, 6.45) is 4.99. The maximum atomic E-state index is 10.2. The van der Waals surface area contributed by atoms with Gasteiger partial charge in [0.1, 0.15) is 0 Å². The van der Waals surface area contributed by atoms with Crippen LogP contribution in [0.4, 0.5) is 0 Å². The molecule has 3 heteroatoms. The fraction of sp³-hybridized carbons (Fsp3) is 1.00. The third-order valence-corrected chi connectivity index (χ3v) is 4.48. The molecule has 2 rings (SSSR count). The van der Waals surface area contributed by atoms with E-state index >= 15 is 0 Å². The van der Waals surface area contributed by atoms with Gasteiger partial charge in [0.05, 0.1) is 5.60 Å². The fourth-order valence-electron chi connectivity index (χ4n) is 2.21. The molecular weight excluding hydrogens is 170 g/mol. The van der Waals surface area contributed by atoms with E-state index in [0.717, 1.165) is 43.6 Å². The number of hydrogen-bond donors (Lipinski definition) is 2. The molecule has 0 aromatic rings.